The first-order chi connectivity index (χ1) is 11.7. The topological polar surface area (TPSA) is 88.2 Å². The van der Waals surface area contributed by atoms with Gasteiger partial charge in [0.05, 0.1) is 0 Å². The Morgan fingerprint density at radius 1 is 1.29 bits per heavy atom. The minimum atomic E-state index is -0.0840. The van der Waals surface area contributed by atoms with Crippen LogP contribution in [0.15, 0.2) is 28.8 Å². The van der Waals surface area contributed by atoms with Crippen molar-refractivity contribution in [2.75, 3.05) is 6.61 Å². The SMILES string of the molecule is Cc1noc(-c2ccc(C(=O)NC3C4CCC(C4)C3CO)cc2)n1. The highest BCUT2D eigenvalue weighted by molar-refractivity contribution is 5.94. The fourth-order valence-corrected chi connectivity index (χ4v) is 4.31. The standard InChI is InChI=1S/C18H21N3O3/c1-10-19-18(24-21-10)12-4-2-11(3-5-12)17(23)20-16-14-7-6-13(8-14)15(16)9-22/h2-5,13-16,22H,6-9H2,1H3,(H,20,23). The van der Waals surface area contributed by atoms with Crippen molar-refractivity contribution in [3.8, 4) is 11.5 Å². The molecule has 126 valence electrons. The number of rotatable bonds is 4. The number of hydrogen-bond donors (Lipinski definition) is 2. The van der Waals surface area contributed by atoms with Gasteiger partial charge in [0.2, 0.25) is 0 Å². The summed E-state index contributed by atoms with van der Waals surface area (Å²) in [4.78, 5) is 16.7. The number of carbonyl (C=O) groups is 1. The smallest absolute Gasteiger partial charge is 0.257 e. The minimum Gasteiger partial charge on any atom is -0.396 e. The summed E-state index contributed by atoms with van der Waals surface area (Å²) in [6.45, 7) is 1.92. The molecule has 6 nitrogen and oxygen atoms in total. The van der Waals surface area contributed by atoms with Gasteiger partial charge in [-0.15, -0.1) is 0 Å². The molecule has 2 N–H and O–H groups in total. The van der Waals surface area contributed by atoms with Gasteiger partial charge in [0.15, 0.2) is 5.82 Å². The van der Waals surface area contributed by atoms with Crippen molar-refractivity contribution in [3.05, 3.63) is 35.7 Å². The first-order valence-electron chi connectivity index (χ1n) is 8.48. The number of aromatic nitrogens is 2. The number of fused-ring (bicyclic) bond motifs is 2. The van der Waals surface area contributed by atoms with E-state index in [1.807, 2.05) is 12.1 Å². The number of benzene rings is 1. The van der Waals surface area contributed by atoms with Gasteiger partial charge in [-0.3, -0.25) is 4.79 Å². The van der Waals surface area contributed by atoms with E-state index < -0.39 is 0 Å². The lowest BCUT2D eigenvalue weighted by Gasteiger charge is -2.30. The third-order valence-corrected chi connectivity index (χ3v) is 5.52. The molecule has 2 aromatic rings. The van der Waals surface area contributed by atoms with Crippen LogP contribution in [0.3, 0.4) is 0 Å². The monoisotopic (exact) mass is 327 g/mol. The zero-order valence-corrected chi connectivity index (χ0v) is 13.6. The lowest BCUT2D eigenvalue weighted by Crippen LogP contribution is -2.45. The Labute approximate surface area is 140 Å². The van der Waals surface area contributed by atoms with Crippen LogP contribution in [0.1, 0.15) is 35.4 Å². The van der Waals surface area contributed by atoms with Crippen LogP contribution in [-0.2, 0) is 0 Å². The number of aliphatic hydroxyl groups is 1. The summed E-state index contributed by atoms with van der Waals surface area (Å²) in [6.07, 6.45) is 3.47. The molecule has 0 saturated heterocycles. The van der Waals surface area contributed by atoms with Crippen molar-refractivity contribution >= 4 is 5.91 Å². The van der Waals surface area contributed by atoms with E-state index >= 15 is 0 Å². The number of hydrogen-bond acceptors (Lipinski definition) is 5. The van der Waals surface area contributed by atoms with E-state index in [1.165, 1.54) is 6.42 Å². The van der Waals surface area contributed by atoms with E-state index in [0.717, 1.165) is 18.4 Å². The summed E-state index contributed by atoms with van der Waals surface area (Å²) in [7, 11) is 0. The van der Waals surface area contributed by atoms with Crippen molar-refractivity contribution in [1.29, 1.82) is 0 Å². The van der Waals surface area contributed by atoms with Crippen molar-refractivity contribution in [3.63, 3.8) is 0 Å². The molecule has 2 bridgehead atoms. The van der Waals surface area contributed by atoms with Gasteiger partial charge in [0.1, 0.15) is 0 Å². The molecule has 1 heterocycles. The molecule has 24 heavy (non-hydrogen) atoms. The Balaban J connectivity index is 1.47. The van der Waals surface area contributed by atoms with Crippen LogP contribution in [0.25, 0.3) is 11.5 Å². The molecule has 1 aromatic heterocycles. The number of nitrogens with zero attached hydrogens (tertiary/aromatic N) is 2. The van der Waals surface area contributed by atoms with E-state index in [4.69, 9.17) is 4.52 Å². The first kappa shape index (κ1) is 15.3. The maximum atomic E-state index is 12.5. The second-order valence-electron chi connectivity index (χ2n) is 6.90. The number of aliphatic hydroxyl groups excluding tert-OH is 1. The van der Waals surface area contributed by atoms with Gasteiger partial charge < -0.3 is 14.9 Å². The second kappa shape index (κ2) is 6.02. The quantitative estimate of drug-likeness (QED) is 0.898. The Morgan fingerprint density at radius 3 is 2.71 bits per heavy atom. The lowest BCUT2D eigenvalue weighted by atomic mass is 9.85. The van der Waals surface area contributed by atoms with E-state index in [1.54, 1.807) is 19.1 Å². The molecule has 4 rings (SSSR count). The molecule has 2 saturated carbocycles. The molecule has 1 aromatic carbocycles. The van der Waals surface area contributed by atoms with E-state index in [9.17, 15) is 9.90 Å². The van der Waals surface area contributed by atoms with Crippen LogP contribution in [0.2, 0.25) is 0 Å². The zero-order valence-electron chi connectivity index (χ0n) is 13.6. The number of amides is 1. The van der Waals surface area contributed by atoms with Crippen LogP contribution in [0.5, 0.6) is 0 Å². The summed E-state index contributed by atoms with van der Waals surface area (Å²) in [5.41, 5.74) is 1.40. The van der Waals surface area contributed by atoms with Gasteiger partial charge in [0, 0.05) is 29.7 Å². The van der Waals surface area contributed by atoms with Gasteiger partial charge in [-0.25, -0.2) is 0 Å². The van der Waals surface area contributed by atoms with E-state index in [-0.39, 0.29) is 24.5 Å². The lowest BCUT2D eigenvalue weighted by molar-refractivity contribution is 0.0861. The van der Waals surface area contributed by atoms with Crippen molar-refractivity contribution in [1.82, 2.24) is 15.5 Å². The molecular weight excluding hydrogens is 306 g/mol. The third-order valence-electron chi connectivity index (χ3n) is 5.52. The maximum absolute atomic E-state index is 12.5. The largest absolute Gasteiger partial charge is 0.396 e. The van der Waals surface area contributed by atoms with Gasteiger partial charge in [-0.2, -0.15) is 4.98 Å². The Kier molecular flexibility index (Phi) is 3.84. The first-order valence-corrected chi connectivity index (χ1v) is 8.48. The van der Waals surface area contributed by atoms with Gasteiger partial charge in [-0.1, -0.05) is 5.16 Å². The number of aryl methyl sites for hydroxylation is 1. The third kappa shape index (κ3) is 2.60. The van der Waals surface area contributed by atoms with Crippen LogP contribution < -0.4 is 5.32 Å². The van der Waals surface area contributed by atoms with Crippen molar-refractivity contribution in [2.45, 2.75) is 32.2 Å². The highest BCUT2D eigenvalue weighted by Gasteiger charge is 2.47. The minimum absolute atomic E-state index is 0.0840. The number of carbonyl (C=O) groups excluding carboxylic acids is 1. The second-order valence-corrected chi connectivity index (χ2v) is 6.90. The summed E-state index contributed by atoms with van der Waals surface area (Å²) >= 11 is 0. The van der Waals surface area contributed by atoms with Crippen LogP contribution in [-0.4, -0.2) is 33.8 Å². The van der Waals surface area contributed by atoms with Crippen LogP contribution in [0.4, 0.5) is 0 Å². The Hall–Kier alpha value is -2.21. The van der Waals surface area contributed by atoms with Gasteiger partial charge in [0.25, 0.3) is 11.8 Å². The average molecular weight is 327 g/mol. The highest BCUT2D eigenvalue weighted by atomic mass is 16.5. The van der Waals surface area contributed by atoms with Gasteiger partial charge in [-0.05, 0) is 62.3 Å². The average Bonchev–Trinajstić information content (AvgIpc) is 3.31. The van der Waals surface area contributed by atoms with E-state index in [0.29, 0.717) is 29.1 Å². The van der Waals surface area contributed by atoms with Crippen molar-refractivity contribution < 1.29 is 14.4 Å². The predicted molar refractivity (Wildman–Crippen MR) is 87.1 cm³/mol. The molecule has 2 aliphatic rings. The summed E-state index contributed by atoms with van der Waals surface area (Å²) < 4.78 is 5.13. The van der Waals surface area contributed by atoms with Crippen LogP contribution in [0, 0.1) is 24.7 Å². The number of nitrogens with one attached hydrogen (secondary N) is 1. The molecule has 1 amide bonds. The zero-order chi connectivity index (χ0) is 16.7. The fourth-order valence-electron chi connectivity index (χ4n) is 4.31. The molecule has 4 unspecified atom stereocenters. The normalized spacial score (nSPS) is 28.2. The summed E-state index contributed by atoms with van der Waals surface area (Å²) in [5, 5.41) is 16.5. The van der Waals surface area contributed by atoms with Gasteiger partial charge >= 0.3 is 0 Å². The highest BCUT2D eigenvalue weighted by Crippen LogP contribution is 2.48. The molecule has 0 spiro atoms. The van der Waals surface area contributed by atoms with Crippen molar-refractivity contribution in [2.24, 2.45) is 17.8 Å². The molecule has 4 atom stereocenters. The maximum Gasteiger partial charge on any atom is 0.257 e. The fraction of sp³-hybridized carbons (Fsp3) is 0.500. The Bertz CT molecular complexity index is 740. The molecule has 2 aliphatic carbocycles. The molecular formula is C18H21N3O3. The molecule has 2 fully saturated rings. The van der Waals surface area contributed by atoms with E-state index in [2.05, 4.69) is 15.5 Å². The molecule has 0 radical (unpaired) electrons. The Morgan fingerprint density at radius 2 is 2.04 bits per heavy atom. The summed E-state index contributed by atoms with van der Waals surface area (Å²) in [5.74, 6) is 2.23. The predicted octanol–water partition coefficient (Wildman–Crippen LogP) is 2.18. The molecule has 0 aliphatic heterocycles. The molecule has 6 heteroatoms. The van der Waals surface area contributed by atoms with Crippen LogP contribution >= 0.6 is 0 Å². The summed E-state index contributed by atoms with van der Waals surface area (Å²) in [6, 6.07) is 7.26.